The zero-order chi connectivity index (χ0) is 29.5. The van der Waals surface area contributed by atoms with Gasteiger partial charge >= 0.3 is 6.18 Å². The minimum atomic E-state index is -4.64. The number of hydrogen-bond donors (Lipinski definition) is 1. The van der Waals surface area contributed by atoms with Crippen molar-refractivity contribution in [2.24, 2.45) is 0 Å². The summed E-state index contributed by atoms with van der Waals surface area (Å²) in [5.41, 5.74) is -0.465. The highest BCUT2D eigenvalue weighted by molar-refractivity contribution is 7.92. The van der Waals surface area contributed by atoms with Crippen LogP contribution in [0, 0.1) is 0 Å². The third-order valence-electron chi connectivity index (χ3n) is 7.03. The van der Waals surface area contributed by atoms with Crippen LogP contribution in [-0.2, 0) is 32.3 Å². The molecule has 220 valence electrons. The Morgan fingerprint density at radius 3 is 2.38 bits per heavy atom. The molecule has 0 aromatic heterocycles. The number of benzene rings is 2. The van der Waals surface area contributed by atoms with E-state index < -0.39 is 33.7 Å². The number of hydrogen-bond acceptors (Lipinski definition) is 4. The fraction of sp³-hybridized carbons (Fsp3) is 0.500. The van der Waals surface area contributed by atoms with Crippen molar-refractivity contribution in [2.75, 3.05) is 17.1 Å². The first kappa shape index (κ1) is 31.7. The predicted molar refractivity (Wildman–Crippen MR) is 149 cm³/mol. The maximum atomic E-state index is 13.4. The van der Waals surface area contributed by atoms with Crippen LogP contribution in [0.15, 0.2) is 48.5 Å². The lowest BCUT2D eigenvalue weighted by atomic mass is 9.95. The van der Waals surface area contributed by atoms with Crippen molar-refractivity contribution < 1.29 is 31.2 Å². The molecule has 1 aliphatic rings. The first-order chi connectivity index (χ1) is 18.8. The van der Waals surface area contributed by atoms with Crippen LogP contribution in [0.4, 0.5) is 18.9 Å². The lowest BCUT2D eigenvalue weighted by Gasteiger charge is -2.31. The molecule has 0 heterocycles. The van der Waals surface area contributed by atoms with Gasteiger partial charge in [-0.15, -0.1) is 0 Å². The van der Waals surface area contributed by atoms with Gasteiger partial charge in [-0.25, -0.2) is 8.42 Å². The van der Waals surface area contributed by atoms with Gasteiger partial charge in [-0.3, -0.25) is 13.9 Å². The average Bonchev–Trinajstić information content (AvgIpc) is 2.89. The second-order valence-corrected chi connectivity index (χ2v) is 12.4. The predicted octanol–water partition coefficient (Wildman–Crippen LogP) is 5.77. The first-order valence-electron chi connectivity index (χ1n) is 13.3. The van der Waals surface area contributed by atoms with Crippen LogP contribution in [0.2, 0.25) is 5.02 Å². The van der Waals surface area contributed by atoms with Gasteiger partial charge in [0, 0.05) is 30.6 Å². The first-order valence-corrected chi connectivity index (χ1v) is 15.5. The number of sulfonamides is 1. The van der Waals surface area contributed by atoms with E-state index in [-0.39, 0.29) is 43.6 Å². The van der Waals surface area contributed by atoms with Crippen LogP contribution in [0.5, 0.6) is 0 Å². The average molecular weight is 602 g/mol. The summed E-state index contributed by atoms with van der Waals surface area (Å²) < 4.78 is 65.4. The molecule has 1 fully saturated rings. The fourth-order valence-electron chi connectivity index (χ4n) is 4.80. The number of carbonyl (C=O) groups excluding carboxylic acids is 2. The molecule has 1 atom stereocenters. The van der Waals surface area contributed by atoms with E-state index in [0.717, 1.165) is 60.9 Å². The summed E-state index contributed by atoms with van der Waals surface area (Å²) in [6.07, 6.45) is 1.12. The SMILES string of the molecule is C[C@@H](C(=O)NC1CCCCC1)N(Cc1ccccc1Cl)C(=O)CCCN(c1cccc(C(F)(F)F)c1)S(C)(=O)=O. The number of nitrogens with zero attached hydrogens (tertiary/aromatic N) is 2. The smallest absolute Gasteiger partial charge is 0.352 e. The Kier molecular flexibility index (Phi) is 10.9. The minimum Gasteiger partial charge on any atom is -0.352 e. The standard InChI is InChI=1S/C28H35ClF3N3O4S/c1-20(27(37)33-23-12-4-3-5-13-23)34(19-21-10-6-7-15-25(21)29)26(36)16-9-17-35(40(2,38)39)24-14-8-11-22(18-24)28(30,31)32/h6-8,10-11,14-15,18,20,23H,3-5,9,12-13,16-17,19H2,1-2H3,(H,33,37)/t20-/m0/s1. The Bertz CT molecular complexity index is 1280. The van der Waals surface area contributed by atoms with E-state index in [2.05, 4.69) is 5.32 Å². The highest BCUT2D eigenvalue weighted by Crippen LogP contribution is 2.32. The summed E-state index contributed by atoms with van der Waals surface area (Å²) in [4.78, 5) is 28.0. The van der Waals surface area contributed by atoms with E-state index in [1.165, 1.54) is 11.0 Å². The molecule has 2 aromatic rings. The number of amides is 2. The molecule has 0 aliphatic heterocycles. The van der Waals surface area contributed by atoms with Gasteiger partial charge in [0.05, 0.1) is 17.5 Å². The highest BCUT2D eigenvalue weighted by Gasteiger charge is 2.32. The van der Waals surface area contributed by atoms with Gasteiger partial charge in [0.25, 0.3) is 0 Å². The lowest BCUT2D eigenvalue weighted by molar-refractivity contribution is -0.141. The number of alkyl halides is 3. The molecule has 40 heavy (non-hydrogen) atoms. The summed E-state index contributed by atoms with van der Waals surface area (Å²) in [6.45, 7) is 1.49. The Labute approximate surface area is 238 Å². The molecule has 2 amide bonds. The second kappa shape index (κ2) is 13.7. The van der Waals surface area contributed by atoms with Crippen molar-refractivity contribution >= 4 is 39.1 Å². The highest BCUT2D eigenvalue weighted by atomic mass is 35.5. The minimum absolute atomic E-state index is 0.0259. The van der Waals surface area contributed by atoms with Crippen molar-refractivity contribution in [3.63, 3.8) is 0 Å². The summed E-state index contributed by atoms with van der Waals surface area (Å²) >= 11 is 6.33. The number of carbonyl (C=O) groups is 2. The zero-order valence-electron chi connectivity index (χ0n) is 22.6. The van der Waals surface area contributed by atoms with Gasteiger partial charge < -0.3 is 10.2 Å². The molecule has 2 aromatic carbocycles. The monoisotopic (exact) mass is 601 g/mol. The molecule has 0 radical (unpaired) electrons. The normalized spacial score (nSPS) is 15.3. The van der Waals surface area contributed by atoms with E-state index in [1.807, 2.05) is 0 Å². The van der Waals surface area contributed by atoms with Crippen LogP contribution in [0.25, 0.3) is 0 Å². The second-order valence-electron chi connectivity index (χ2n) is 10.1. The summed E-state index contributed by atoms with van der Waals surface area (Å²) in [6, 6.07) is 10.2. The van der Waals surface area contributed by atoms with Gasteiger partial charge in [0.1, 0.15) is 6.04 Å². The molecule has 0 unspecified atom stereocenters. The molecular weight excluding hydrogens is 567 g/mol. The molecule has 12 heteroatoms. The number of nitrogens with one attached hydrogen (secondary N) is 1. The largest absolute Gasteiger partial charge is 0.416 e. The van der Waals surface area contributed by atoms with Gasteiger partial charge in [0.15, 0.2) is 0 Å². The molecule has 0 spiro atoms. The Morgan fingerprint density at radius 1 is 1.07 bits per heavy atom. The molecule has 1 aliphatic carbocycles. The third-order valence-corrected chi connectivity index (χ3v) is 8.59. The van der Waals surface area contributed by atoms with Crippen molar-refractivity contribution in [1.82, 2.24) is 10.2 Å². The van der Waals surface area contributed by atoms with E-state index in [1.54, 1.807) is 31.2 Å². The van der Waals surface area contributed by atoms with Gasteiger partial charge in [-0.05, 0) is 56.0 Å². The maximum Gasteiger partial charge on any atom is 0.416 e. The van der Waals surface area contributed by atoms with E-state index >= 15 is 0 Å². The van der Waals surface area contributed by atoms with E-state index in [9.17, 15) is 31.2 Å². The summed E-state index contributed by atoms with van der Waals surface area (Å²) in [5, 5.41) is 3.48. The Morgan fingerprint density at radius 2 is 1.75 bits per heavy atom. The Balaban J connectivity index is 1.75. The number of rotatable bonds is 11. The molecule has 1 saturated carbocycles. The topological polar surface area (TPSA) is 86.8 Å². The van der Waals surface area contributed by atoms with Crippen LogP contribution >= 0.6 is 11.6 Å². The number of halogens is 4. The van der Waals surface area contributed by atoms with Crippen molar-refractivity contribution in [3.8, 4) is 0 Å². The van der Waals surface area contributed by atoms with Gasteiger partial charge in [0.2, 0.25) is 21.8 Å². The van der Waals surface area contributed by atoms with Crippen LogP contribution in [-0.4, -0.2) is 50.0 Å². The lowest BCUT2D eigenvalue weighted by Crippen LogP contribution is -2.50. The van der Waals surface area contributed by atoms with Gasteiger partial charge in [-0.1, -0.05) is 55.1 Å². The zero-order valence-corrected chi connectivity index (χ0v) is 24.2. The summed E-state index contributed by atoms with van der Waals surface area (Å²) in [7, 11) is -3.94. The molecule has 0 saturated heterocycles. The Hall–Kier alpha value is -2.79. The van der Waals surface area contributed by atoms with E-state index in [0.29, 0.717) is 10.6 Å². The third kappa shape index (κ3) is 8.86. The van der Waals surface area contributed by atoms with Gasteiger partial charge in [-0.2, -0.15) is 13.2 Å². The quantitative estimate of drug-likeness (QED) is 0.354. The van der Waals surface area contributed by atoms with E-state index in [4.69, 9.17) is 11.6 Å². The molecule has 7 nitrogen and oxygen atoms in total. The molecule has 1 N–H and O–H groups in total. The summed E-state index contributed by atoms with van der Waals surface area (Å²) in [5.74, 6) is -0.683. The van der Waals surface area contributed by atoms with Crippen LogP contribution in [0.3, 0.4) is 0 Å². The van der Waals surface area contributed by atoms with Crippen molar-refractivity contribution in [2.45, 2.75) is 76.7 Å². The van der Waals surface area contributed by atoms with Crippen LogP contribution < -0.4 is 9.62 Å². The molecule has 0 bridgehead atoms. The number of anilines is 1. The fourth-order valence-corrected chi connectivity index (χ4v) is 5.96. The molecular formula is C28H35ClF3N3O4S. The maximum absolute atomic E-state index is 13.4. The molecule has 3 rings (SSSR count). The van der Waals surface area contributed by atoms with Crippen LogP contribution in [0.1, 0.15) is 63.0 Å². The van der Waals surface area contributed by atoms with Crippen molar-refractivity contribution in [3.05, 3.63) is 64.7 Å². The van der Waals surface area contributed by atoms with Crippen molar-refractivity contribution in [1.29, 1.82) is 0 Å².